The Morgan fingerprint density at radius 2 is 2.31 bits per heavy atom. The molecule has 16 heavy (non-hydrogen) atoms. The lowest BCUT2D eigenvalue weighted by Gasteiger charge is -2.12. The van der Waals surface area contributed by atoms with Gasteiger partial charge in [-0.05, 0) is 13.8 Å². The van der Waals surface area contributed by atoms with E-state index in [4.69, 9.17) is 5.11 Å². The lowest BCUT2D eigenvalue weighted by atomic mass is 10.2. The molecule has 0 radical (unpaired) electrons. The SMILES string of the molecule is CCS(=O)(=O)NC(C(=O)O)c1scnc1C. The van der Waals surface area contributed by atoms with Crippen molar-refractivity contribution >= 4 is 27.3 Å². The van der Waals surface area contributed by atoms with Crippen molar-refractivity contribution in [1.82, 2.24) is 9.71 Å². The third-order valence-corrected chi connectivity index (χ3v) is 4.32. The summed E-state index contributed by atoms with van der Waals surface area (Å²) in [5.74, 6) is -1.39. The average Bonchev–Trinajstić information content (AvgIpc) is 2.61. The highest BCUT2D eigenvalue weighted by molar-refractivity contribution is 7.89. The van der Waals surface area contributed by atoms with Crippen molar-refractivity contribution in [2.45, 2.75) is 19.9 Å². The number of sulfonamides is 1. The zero-order chi connectivity index (χ0) is 12.3. The fourth-order valence-corrected chi connectivity index (χ4v) is 2.73. The van der Waals surface area contributed by atoms with Crippen LogP contribution in [0, 0.1) is 6.92 Å². The third kappa shape index (κ3) is 3.00. The molecule has 0 amide bonds. The summed E-state index contributed by atoms with van der Waals surface area (Å²) in [5.41, 5.74) is 2.01. The lowest BCUT2D eigenvalue weighted by molar-refractivity contribution is -0.139. The van der Waals surface area contributed by atoms with E-state index < -0.39 is 22.0 Å². The molecule has 8 heteroatoms. The molecule has 0 spiro atoms. The number of hydrogen-bond donors (Lipinski definition) is 2. The molecular weight excluding hydrogens is 252 g/mol. The van der Waals surface area contributed by atoms with Crippen molar-refractivity contribution < 1.29 is 18.3 Å². The van der Waals surface area contributed by atoms with Crippen LogP contribution in [0.5, 0.6) is 0 Å². The minimum atomic E-state index is -3.56. The molecule has 6 nitrogen and oxygen atoms in total. The largest absolute Gasteiger partial charge is 0.480 e. The first-order valence-electron chi connectivity index (χ1n) is 4.50. The molecular formula is C8H12N2O4S2. The van der Waals surface area contributed by atoms with E-state index in [-0.39, 0.29) is 5.75 Å². The van der Waals surface area contributed by atoms with Crippen LogP contribution < -0.4 is 4.72 Å². The van der Waals surface area contributed by atoms with Gasteiger partial charge < -0.3 is 5.11 Å². The average molecular weight is 264 g/mol. The Hall–Kier alpha value is -0.990. The van der Waals surface area contributed by atoms with E-state index in [1.54, 1.807) is 6.92 Å². The van der Waals surface area contributed by atoms with Crippen molar-refractivity contribution in [2.24, 2.45) is 0 Å². The summed E-state index contributed by atoms with van der Waals surface area (Å²) in [4.78, 5) is 15.3. The molecule has 0 bridgehead atoms. The fourth-order valence-electron chi connectivity index (χ4n) is 1.07. The number of aromatic nitrogens is 1. The number of carboxylic acids is 1. The molecule has 90 valence electrons. The van der Waals surface area contributed by atoms with Gasteiger partial charge in [-0.15, -0.1) is 11.3 Å². The molecule has 0 aliphatic heterocycles. The number of thiazole rings is 1. The van der Waals surface area contributed by atoms with Crippen LogP contribution >= 0.6 is 11.3 Å². The van der Waals surface area contributed by atoms with Gasteiger partial charge in [0.2, 0.25) is 10.0 Å². The molecule has 1 aromatic rings. The molecule has 1 rings (SSSR count). The number of rotatable bonds is 5. The van der Waals surface area contributed by atoms with E-state index in [1.165, 1.54) is 12.4 Å². The number of carbonyl (C=O) groups is 1. The second-order valence-electron chi connectivity index (χ2n) is 3.09. The molecule has 0 saturated carbocycles. The molecule has 1 aromatic heterocycles. The van der Waals surface area contributed by atoms with E-state index in [9.17, 15) is 13.2 Å². The highest BCUT2D eigenvalue weighted by atomic mass is 32.2. The molecule has 0 aliphatic carbocycles. The minimum Gasteiger partial charge on any atom is -0.480 e. The number of carboxylic acid groups (broad SMARTS) is 1. The van der Waals surface area contributed by atoms with Crippen molar-refractivity contribution in [3.63, 3.8) is 0 Å². The van der Waals surface area contributed by atoms with Gasteiger partial charge in [-0.25, -0.2) is 13.4 Å². The molecule has 2 N–H and O–H groups in total. The van der Waals surface area contributed by atoms with Crippen LogP contribution in [0.1, 0.15) is 23.5 Å². The minimum absolute atomic E-state index is 0.158. The van der Waals surface area contributed by atoms with E-state index in [0.29, 0.717) is 10.6 Å². The summed E-state index contributed by atoms with van der Waals surface area (Å²) >= 11 is 1.12. The van der Waals surface area contributed by atoms with Crippen LogP contribution in [0.4, 0.5) is 0 Å². The van der Waals surface area contributed by atoms with E-state index in [2.05, 4.69) is 9.71 Å². The number of hydrogen-bond acceptors (Lipinski definition) is 5. The van der Waals surface area contributed by atoms with Gasteiger partial charge in [-0.2, -0.15) is 4.72 Å². The van der Waals surface area contributed by atoms with Crippen LogP contribution in [-0.4, -0.2) is 30.2 Å². The summed E-state index contributed by atoms with van der Waals surface area (Å²) in [5, 5.41) is 8.98. The maximum absolute atomic E-state index is 11.3. The van der Waals surface area contributed by atoms with Crippen molar-refractivity contribution in [1.29, 1.82) is 0 Å². The van der Waals surface area contributed by atoms with Crippen molar-refractivity contribution in [3.05, 3.63) is 16.1 Å². The smallest absolute Gasteiger partial charge is 0.327 e. The fraction of sp³-hybridized carbons (Fsp3) is 0.500. The summed E-state index contributed by atoms with van der Waals surface area (Å²) < 4.78 is 24.8. The Bertz CT molecular complexity index is 480. The molecule has 0 saturated heterocycles. The Morgan fingerprint density at radius 1 is 1.69 bits per heavy atom. The number of nitrogens with zero attached hydrogens (tertiary/aromatic N) is 1. The van der Waals surface area contributed by atoms with Gasteiger partial charge in [0, 0.05) is 0 Å². The highest BCUT2D eigenvalue weighted by Crippen LogP contribution is 2.22. The van der Waals surface area contributed by atoms with E-state index in [1.807, 2.05) is 0 Å². The van der Waals surface area contributed by atoms with Gasteiger partial charge in [-0.1, -0.05) is 0 Å². The van der Waals surface area contributed by atoms with Gasteiger partial charge in [0.25, 0.3) is 0 Å². The summed E-state index contributed by atoms with van der Waals surface area (Å²) in [6, 6.07) is -1.25. The third-order valence-electron chi connectivity index (χ3n) is 1.97. The van der Waals surface area contributed by atoms with Crippen LogP contribution in [0.15, 0.2) is 5.51 Å². The van der Waals surface area contributed by atoms with Gasteiger partial charge in [0.05, 0.1) is 21.8 Å². The molecule has 0 aliphatic rings. The number of aryl methyl sites for hydroxylation is 1. The topological polar surface area (TPSA) is 96.4 Å². The summed E-state index contributed by atoms with van der Waals surface area (Å²) in [6.07, 6.45) is 0. The first-order chi connectivity index (χ1) is 7.37. The van der Waals surface area contributed by atoms with Gasteiger partial charge in [-0.3, -0.25) is 4.79 Å². The molecule has 1 heterocycles. The number of aliphatic carboxylic acids is 1. The summed E-state index contributed by atoms with van der Waals surface area (Å²) in [6.45, 7) is 3.09. The summed E-state index contributed by atoms with van der Waals surface area (Å²) in [7, 11) is -3.56. The molecule has 0 fully saturated rings. The zero-order valence-electron chi connectivity index (χ0n) is 8.80. The Balaban J connectivity index is 3.03. The second kappa shape index (κ2) is 4.89. The van der Waals surface area contributed by atoms with E-state index in [0.717, 1.165) is 11.3 Å². The quantitative estimate of drug-likeness (QED) is 0.808. The predicted octanol–water partition coefficient (Wildman–Crippen LogP) is 0.517. The first-order valence-corrected chi connectivity index (χ1v) is 7.03. The predicted molar refractivity (Wildman–Crippen MR) is 59.8 cm³/mol. The normalized spacial score (nSPS) is 13.6. The van der Waals surface area contributed by atoms with Crippen LogP contribution in [-0.2, 0) is 14.8 Å². The monoisotopic (exact) mass is 264 g/mol. The lowest BCUT2D eigenvalue weighted by Crippen LogP contribution is -2.34. The van der Waals surface area contributed by atoms with Gasteiger partial charge >= 0.3 is 5.97 Å². The Morgan fingerprint density at radius 3 is 2.69 bits per heavy atom. The molecule has 1 atom stereocenters. The van der Waals surface area contributed by atoms with Crippen LogP contribution in [0.2, 0.25) is 0 Å². The Kier molecular flexibility index (Phi) is 4.00. The zero-order valence-corrected chi connectivity index (χ0v) is 10.4. The maximum atomic E-state index is 11.3. The van der Waals surface area contributed by atoms with Gasteiger partial charge in [0.15, 0.2) is 6.04 Å². The molecule has 0 aromatic carbocycles. The Labute approximate surface area is 97.4 Å². The van der Waals surface area contributed by atoms with Crippen LogP contribution in [0.3, 0.4) is 0 Å². The van der Waals surface area contributed by atoms with Crippen LogP contribution in [0.25, 0.3) is 0 Å². The number of nitrogens with one attached hydrogen (secondary N) is 1. The first kappa shape index (κ1) is 13.1. The second-order valence-corrected chi connectivity index (χ2v) is 6.02. The maximum Gasteiger partial charge on any atom is 0.327 e. The van der Waals surface area contributed by atoms with Crippen molar-refractivity contribution in [2.75, 3.05) is 5.75 Å². The van der Waals surface area contributed by atoms with Gasteiger partial charge in [0.1, 0.15) is 0 Å². The standard InChI is InChI=1S/C8H12N2O4S2/c1-3-16(13,14)10-6(8(11)12)7-5(2)9-4-15-7/h4,6,10H,3H2,1-2H3,(H,11,12). The molecule has 1 unspecified atom stereocenters. The highest BCUT2D eigenvalue weighted by Gasteiger charge is 2.27. The van der Waals surface area contributed by atoms with Crippen molar-refractivity contribution in [3.8, 4) is 0 Å². The van der Waals surface area contributed by atoms with E-state index >= 15 is 0 Å².